The van der Waals surface area contributed by atoms with Crippen LogP contribution in [0.25, 0.3) is 0 Å². The van der Waals surface area contributed by atoms with Crippen LogP contribution in [-0.4, -0.2) is 6.04 Å². The molecule has 2 unspecified atom stereocenters. The summed E-state index contributed by atoms with van der Waals surface area (Å²) in [6, 6.07) is 6.86. The molecule has 1 aromatic rings. The monoisotopic (exact) mass is 165 g/mol. The predicted octanol–water partition coefficient (Wildman–Crippen LogP) is 2.62. The van der Waals surface area contributed by atoms with Crippen molar-refractivity contribution in [2.24, 2.45) is 0 Å². The number of anilines is 1. The number of fused-ring (bicyclic) bond motifs is 3. The molecular formula is C9H8ClN. The molecule has 3 rings (SSSR count). The van der Waals surface area contributed by atoms with Crippen LogP contribution in [0.1, 0.15) is 17.9 Å². The van der Waals surface area contributed by atoms with Gasteiger partial charge in [0.05, 0.1) is 0 Å². The number of rotatable bonds is 0. The van der Waals surface area contributed by atoms with Gasteiger partial charge in [-0.2, -0.15) is 0 Å². The lowest BCUT2D eigenvalue weighted by molar-refractivity contribution is 1.14. The molecule has 0 amide bonds. The fraction of sp³-hybridized carbons (Fsp3) is 0.333. The van der Waals surface area contributed by atoms with Crippen LogP contribution in [0.3, 0.4) is 0 Å². The first-order valence-electron chi connectivity index (χ1n) is 3.90. The summed E-state index contributed by atoms with van der Waals surface area (Å²) in [5.41, 5.74) is 2.71. The second-order valence-corrected chi connectivity index (χ2v) is 3.76. The van der Waals surface area contributed by atoms with Gasteiger partial charge in [0.1, 0.15) is 0 Å². The van der Waals surface area contributed by atoms with Gasteiger partial charge in [-0.3, -0.25) is 0 Å². The minimum absolute atomic E-state index is 0.725. The maximum atomic E-state index is 5.85. The largest absolute Gasteiger partial charge is 0.381 e. The van der Waals surface area contributed by atoms with Crippen molar-refractivity contribution < 1.29 is 0 Å². The highest BCUT2D eigenvalue weighted by molar-refractivity contribution is 6.30. The Morgan fingerprint density at radius 2 is 2.36 bits per heavy atom. The fourth-order valence-electron chi connectivity index (χ4n) is 1.87. The zero-order chi connectivity index (χ0) is 7.42. The molecule has 2 heteroatoms. The van der Waals surface area contributed by atoms with E-state index in [-0.39, 0.29) is 0 Å². The quantitative estimate of drug-likeness (QED) is 0.623. The van der Waals surface area contributed by atoms with Gasteiger partial charge in [-0.15, -0.1) is 0 Å². The summed E-state index contributed by atoms with van der Waals surface area (Å²) in [5.74, 6) is 0.794. The molecule has 1 fully saturated rings. The van der Waals surface area contributed by atoms with Crippen molar-refractivity contribution in [3.63, 3.8) is 0 Å². The molecule has 11 heavy (non-hydrogen) atoms. The minimum Gasteiger partial charge on any atom is -0.381 e. The Hall–Kier alpha value is -0.690. The van der Waals surface area contributed by atoms with Crippen molar-refractivity contribution in [2.45, 2.75) is 18.4 Å². The molecule has 0 radical (unpaired) electrons. The zero-order valence-corrected chi connectivity index (χ0v) is 6.73. The van der Waals surface area contributed by atoms with Crippen LogP contribution in [0.5, 0.6) is 0 Å². The van der Waals surface area contributed by atoms with E-state index in [0.29, 0.717) is 0 Å². The summed E-state index contributed by atoms with van der Waals surface area (Å²) in [6.45, 7) is 0. The van der Waals surface area contributed by atoms with Crippen LogP contribution >= 0.6 is 11.6 Å². The van der Waals surface area contributed by atoms with Crippen molar-refractivity contribution in [3.8, 4) is 0 Å². The molecule has 2 atom stereocenters. The average molecular weight is 166 g/mol. The molecule has 1 aromatic carbocycles. The van der Waals surface area contributed by atoms with Gasteiger partial charge in [0.15, 0.2) is 0 Å². The third kappa shape index (κ3) is 0.719. The van der Waals surface area contributed by atoms with Crippen molar-refractivity contribution in [1.29, 1.82) is 0 Å². The molecule has 1 aliphatic heterocycles. The minimum atomic E-state index is 0.725. The standard InChI is InChI=1S/C9H8ClN/c10-5-1-2-6-7-4-9(7)11-8(6)3-5/h1-3,7,9,11H,4H2. The van der Waals surface area contributed by atoms with E-state index in [1.807, 2.05) is 12.1 Å². The fourth-order valence-corrected chi connectivity index (χ4v) is 2.05. The second kappa shape index (κ2) is 1.72. The van der Waals surface area contributed by atoms with Gasteiger partial charge in [-0.05, 0) is 24.1 Å². The van der Waals surface area contributed by atoms with Crippen LogP contribution in [0.2, 0.25) is 5.02 Å². The lowest BCUT2D eigenvalue weighted by atomic mass is 10.1. The van der Waals surface area contributed by atoms with Gasteiger partial charge in [0, 0.05) is 22.7 Å². The number of hydrogen-bond acceptors (Lipinski definition) is 1. The number of hydrogen-bond donors (Lipinski definition) is 1. The summed E-state index contributed by atoms with van der Waals surface area (Å²) >= 11 is 5.85. The first-order chi connectivity index (χ1) is 5.34. The maximum Gasteiger partial charge on any atom is 0.0426 e. The Morgan fingerprint density at radius 3 is 3.27 bits per heavy atom. The maximum absolute atomic E-state index is 5.85. The van der Waals surface area contributed by atoms with Crippen molar-refractivity contribution in [3.05, 3.63) is 28.8 Å². The molecule has 1 heterocycles. The van der Waals surface area contributed by atoms with E-state index in [1.54, 1.807) is 0 Å². The third-order valence-electron chi connectivity index (χ3n) is 2.55. The third-order valence-corrected chi connectivity index (χ3v) is 2.78. The van der Waals surface area contributed by atoms with E-state index in [9.17, 15) is 0 Å². The van der Waals surface area contributed by atoms with Gasteiger partial charge in [-0.1, -0.05) is 17.7 Å². The summed E-state index contributed by atoms with van der Waals surface area (Å²) in [4.78, 5) is 0. The average Bonchev–Trinajstić information content (AvgIpc) is 2.63. The molecule has 0 bridgehead atoms. The summed E-state index contributed by atoms with van der Waals surface area (Å²) in [5, 5.41) is 4.26. The first kappa shape index (κ1) is 5.90. The molecular weight excluding hydrogens is 158 g/mol. The lowest BCUT2D eigenvalue weighted by Gasteiger charge is -2.02. The molecule has 1 aliphatic carbocycles. The van der Waals surface area contributed by atoms with Crippen LogP contribution in [0.15, 0.2) is 18.2 Å². The van der Waals surface area contributed by atoms with Gasteiger partial charge in [-0.25, -0.2) is 0 Å². The molecule has 0 spiro atoms. The van der Waals surface area contributed by atoms with Crippen LogP contribution in [-0.2, 0) is 0 Å². The summed E-state index contributed by atoms with van der Waals surface area (Å²) in [6.07, 6.45) is 1.31. The molecule has 1 saturated carbocycles. The normalized spacial score (nSPS) is 30.6. The molecule has 56 valence electrons. The van der Waals surface area contributed by atoms with E-state index in [4.69, 9.17) is 11.6 Å². The van der Waals surface area contributed by atoms with Crippen molar-refractivity contribution >= 4 is 17.3 Å². The Morgan fingerprint density at radius 1 is 1.45 bits per heavy atom. The molecule has 1 nitrogen and oxygen atoms in total. The Kier molecular flexibility index (Phi) is 0.924. The highest BCUT2D eigenvalue weighted by Crippen LogP contribution is 2.52. The van der Waals surface area contributed by atoms with Crippen molar-refractivity contribution in [1.82, 2.24) is 0 Å². The zero-order valence-electron chi connectivity index (χ0n) is 5.97. The number of nitrogens with one attached hydrogen (secondary N) is 1. The second-order valence-electron chi connectivity index (χ2n) is 3.32. The molecule has 2 aliphatic rings. The molecule has 0 saturated heterocycles. The Labute approximate surface area is 70.4 Å². The van der Waals surface area contributed by atoms with E-state index in [0.717, 1.165) is 17.0 Å². The number of benzene rings is 1. The lowest BCUT2D eigenvalue weighted by Crippen LogP contribution is -1.95. The molecule has 0 aromatic heterocycles. The summed E-state index contributed by atoms with van der Waals surface area (Å²) < 4.78 is 0. The SMILES string of the molecule is Clc1ccc2c(c1)NC1CC21. The highest BCUT2D eigenvalue weighted by Gasteiger charge is 2.44. The van der Waals surface area contributed by atoms with E-state index in [2.05, 4.69) is 11.4 Å². The topological polar surface area (TPSA) is 12.0 Å². The Bertz CT molecular complexity index is 321. The van der Waals surface area contributed by atoms with Gasteiger partial charge < -0.3 is 5.32 Å². The number of halogens is 1. The molecule has 1 N–H and O–H groups in total. The van der Waals surface area contributed by atoms with E-state index in [1.165, 1.54) is 17.7 Å². The first-order valence-corrected chi connectivity index (χ1v) is 4.28. The van der Waals surface area contributed by atoms with Crippen LogP contribution < -0.4 is 5.32 Å². The smallest absolute Gasteiger partial charge is 0.0426 e. The van der Waals surface area contributed by atoms with Crippen molar-refractivity contribution in [2.75, 3.05) is 5.32 Å². The van der Waals surface area contributed by atoms with E-state index >= 15 is 0 Å². The highest BCUT2D eigenvalue weighted by atomic mass is 35.5. The van der Waals surface area contributed by atoms with Gasteiger partial charge >= 0.3 is 0 Å². The predicted molar refractivity (Wildman–Crippen MR) is 46.2 cm³/mol. The summed E-state index contributed by atoms with van der Waals surface area (Å²) in [7, 11) is 0. The van der Waals surface area contributed by atoms with Crippen LogP contribution in [0, 0.1) is 0 Å². The van der Waals surface area contributed by atoms with E-state index < -0.39 is 0 Å². The van der Waals surface area contributed by atoms with Gasteiger partial charge in [0.2, 0.25) is 0 Å². The van der Waals surface area contributed by atoms with Crippen LogP contribution in [0.4, 0.5) is 5.69 Å². The van der Waals surface area contributed by atoms with Gasteiger partial charge in [0.25, 0.3) is 0 Å². The Balaban J connectivity index is 2.18.